The summed E-state index contributed by atoms with van der Waals surface area (Å²) < 4.78 is 0. The van der Waals surface area contributed by atoms with Crippen molar-refractivity contribution in [1.82, 2.24) is 4.90 Å². The lowest BCUT2D eigenvalue weighted by Crippen LogP contribution is -2.23. The largest absolute Gasteiger partial charge is 0.481 e. The van der Waals surface area contributed by atoms with Crippen LogP contribution < -0.4 is 0 Å². The first-order valence-corrected chi connectivity index (χ1v) is 6.56. The summed E-state index contributed by atoms with van der Waals surface area (Å²) in [6.45, 7) is 0.801. The van der Waals surface area contributed by atoms with Crippen molar-refractivity contribution in [2.24, 2.45) is 5.92 Å². The lowest BCUT2D eigenvalue weighted by molar-refractivity contribution is -0.138. The molecule has 0 heterocycles. The Hall–Kier alpha value is -1.87. The van der Waals surface area contributed by atoms with Gasteiger partial charge in [0.25, 0.3) is 0 Å². The van der Waals surface area contributed by atoms with E-state index in [1.54, 1.807) is 0 Å². The predicted molar refractivity (Wildman–Crippen MR) is 74.9 cm³/mol. The molecule has 3 heteroatoms. The smallest absolute Gasteiger partial charge is 0.308 e. The highest BCUT2D eigenvalue weighted by Crippen LogP contribution is 2.36. The molecule has 2 aromatic rings. The summed E-state index contributed by atoms with van der Waals surface area (Å²) in [6.07, 6.45) is 0.774. The van der Waals surface area contributed by atoms with Gasteiger partial charge in [-0.25, -0.2) is 0 Å². The molecule has 0 aliphatic heterocycles. The van der Waals surface area contributed by atoms with Gasteiger partial charge in [-0.05, 0) is 29.8 Å². The van der Waals surface area contributed by atoms with Gasteiger partial charge >= 0.3 is 5.97 Å². The number of carboxylic acids is 1. The molecule has 1 N–H and O–H groups in total. The molecule has 98 valence electrons. The van der Waals surface area contributed by atoms with Crippen molar-refractivity contribution in [2.75, 3.05) is 7.05 Å². The molecule has 0 spiro atoms. The number of hydrogen-bond acceptors (Lipinski definition) is 2. The summed E-state index contributed by atoms with van der Waals surface area (Å²) in [4.78, 5) is 13.1. The standard InChI is InChI=1S/C16H17NO2/c1-17(15-9-14(15)16(18)19)10-12-7-4-6-11-5-2-3-8-13(11)12/h2-8,14-15H,9-10H2,1H3,(H,18,19). The maximum Gasteiger partial charge on any atom is 0.308 e. The van der Waals surface area contributed by atoms with Crippen LogP contribution in [0.3, 0.4) is 0 Å². The van der Waals surface area contributed by atoms with E-state index in [0.717, 1.165) is 13.0 Å². The third-order valence-corrected chi connectivity index (χ3v) is 3.94. The second-order valence-electron chi connectivity index (χ2n) is 5.30. The Morgan fingerprint density at radius 1 is 1.26 bits per heavy atom. The Labute approximate surface area is 112 Å². The van der Waals surface area contributed by atoms with Crippen LogP contribution in [0.2, 0.25) is 0 Å². The van der Waals surface area contributed by atoms with E-state index in [0.29, 0.717) is 0 Å². The van der Waals surface area contributed by atoms with Crippen molar-refractivity contribution in [3.8, 4) is 0 Å². The van der Waals surface area contributed by atoms with Crippen LogP contribution in [-0.4, -0.2) is 29.1 Å². The third-order valence-electron chi connectivity index (χ3n) is 3.94. The average Bonchev–Trinajstić information content (AvgIpc) is 3.19. The molecule has 0 aromatic heterocycles. The van der Waals surface area contributed by atoms with Crippen LogP contribution in [0.4, 0.5) is 0 Å². The summed E-state index contributed by atoms with van der Waals surface area (Å²) in [5.41, 5.74) is 1.26. The number of carbonyl (C=O) groups is 1. The van der Waals surface area contributed by atoms with Crippen molar-refractivity contribution < 1.29 is 9.90 Å². The van der Waals surface area contributed by atoms with Crippen LogP contribution >= 0.6 is 0 Å². The molecule has 0 amide bonds. The Morgan fingerprint density at radius 2 is 2.00 bits per heavy atom. The summed E-state index contributed by atoms with van der Waals surface area (Å²) in [5.74, 6) is -0.852. The van der Waals surface area contributed by atoms with Crippen molar-refractivity contribution in [2.45, 2.75) is 19.0 Å². The molecule has 19 heavy (non-hydrogen) atoms. The number of nitrogens with zero attached hydrogens (tertiary/aromatic N) is 1. The highest BCUT2D eigenvalue weighted by atomic mass is 16.4. The van der Waals surface area contributed by atoms with E-state index in [1.165, 1.54) is 16.3 Å². The molecule has 1 aliphatic rings. The Kier molecular flexibility index (Phi) is 2.99. The quantitative estimate of drug-likeness (QED) is 0.913. The number of hydrogen-bond donors (Lipinski definition) is 1. The van der Waals surface area contributed by atoms with Gasteiger partial charge in [0.15, 0.2) is 0 Å². The fraction of sp³-hybridized carbons (Fsp3) is 0.312. The van der Waals surface area contributed by atoms with Crippen LogP contribution in [0.1, 0.15) is 12.0 Å². The van der Waals surface area contributed by atoms with Crippen molar-refractivity contribution in [3.05, 3.63) is 48.0 Å². The zero-order valence-corrected chi connectivity index (χ0v) is 10.9. The summed E-state index contributed by atoms with van der Waals surface area (Å²) in [5, 5.41) is 11.5. The molecule has 2 atom stereocenters. The maximum atomic E-state index is 10.9. The van der Waals surface area contributed by atoms with Crippen LogP contribution in [0.15, 0.2) is 42.5 Å². The lowest BCUT2D eigenvalue weighted by atomic mass is 10.0. The Balaban J connectivity index is 1.80. The minimum atomic E-state index is -0.672. The molecule has 3 nitrogen and oxygen atoms in total. The fourth-order valence-corrected chi connectivity index (χ4v) is 2.75. The van der Waals surface area contributed by atoms with E-state index in [1.807, 2.05) is 19.2 Å². The van der Waals surface area contributed by atoms with E-state index >= 15 is 0 Å². The predicted octanol–water partition coefficient (Wildman–Crippen LogP) is 2.74. The monoisotopic (exact) mass is 255 g/mol. The van der Waals surface area contributed by atoms with Crippen LogP contribution in [0.25, 0.3) is 10.8 Å². The van der Waals surface area contributed by atoms with E-state index in [9.17, 15) is 4.79 Å². The van der Waals surface area contributed by atoms with E-state index in [4.69, 9.17) is 5.11 Å². The van der Waals surface area contributed by atoms with Crippen molar-refractivity contribution in [3.63, 3.8) is 0 Å². The molecule has 0 bridgehead atoms. The summed E-state index contributed by atoms with van der Waals surface area (Å²) >= 11 is 0. The van der Waals surface area contributed by atoms with Crippen molar-refractivity contribution >= 4 is 16.7 Å². The Morgan fingerprint density at radius 3 is 2.74 bits per heavy atom. The van der Waals surface area contributed by atoms with Crippen LogP contribution in [-0.2, 0) is 11.3 Å². The van der Waals surface area contributed by atoms with E-state index < -0.39 is 5.97 Å². The molecule has 2 aromatic carbocycles. The van der Waals surface area contributed by atoms with Gasteiger partial charge in [0, 0.05) is 12.6 Å². The van der Waals surface area contributed by atoms with Gasteiger partial charge < -0.3 is 5.11 Å². The molecule has 0 saturated heterocycles. The Bertz CT molecular complexity index is 618. The summed E-state index contributed by atoms with van der Waals surface area (Å²) in [6, 6.07) is 14.8. The number of fused-ring (bicyclic) bond motifs is 1. The molecule has 1 fully saturated rings. The molecule has 1 aliphatic carbocycles. The van der Waals surface area contributed by atoms with Crippen LogP contribution in [0.5, 0.6) is 0 Å². The third kappa shape index (κ3) is 2.34. The van der Waals surface area contributed by atoms with Crippen molar-refractivity contribution in [1.29, 1.82) is 0 Å². The van der Waals surface area contributed by atoms with Gasteiger partial charge in [-0.2, -0.15) is 0 Å². The zero-order valence-electron chi connectivity index (χ0n) is 10.9. The number of aliphatic carboxylic acids is 1. The molecule has 1 saturated carbocycles. The first kappa shape index (κ1) is 12.2. The zero-order chi connectivity index (χ0) is 13.4. The topological polar surface area (TPSA) is 40.5 Å². The van der Waals surface area contributed by atoms with Gasteiger partial charge in [0.05, 0.1) is 5.92 Å². The minimum Gasteiger partial charge on any atom is -0.481 e. The average molecular weight is 255 g/mol. The van der Waals surface area contributed by atoms with Crippen LogP contribution in [0, 0.1) is 5.92 Å². The first-order chi connectivity index (χ1) is 9.16. The van der Waals surface area contributed by atoms with Gasteiger partial charge in [-0.1, -0.05) is 42.5 Å². The van der Waals surface area contributed by atoms with E-state index in [-0.39, 0.29) is 12.0 Å². The van der Waals surface area contributed by atoms with Gasteiger partial charge in [0.1, 0.15) is 0 Å². The van der Waals surface area contributed by atoms with Gasteiger partial charge in [0.2, 0.25) is 0 Å². The first-order valence-electron chi connectivity index (χ1n) is 6.56. The highest BCUT2D eigenvalue weighted by molar-refractivity contribution is 5.85. The second kappa shape index (κ2) is 4.67. The summed E-state index contributed by atoms with van der Waals surface area (Å²) in [7, 11) is 2.01. The SMILES string of the molecule is CN(Cc1cccc2ccccc12)C1CC1C(=O)O. The normalized spacial score (nSPS) is 21.8. The van der Waals surface area contributed by atoms with Gasteiger partial charge in [-0.3, -0.25) is 9.69 Å². The lowest BCUT2D eigenvalue weighted by Gasteiger charge is -2.17. The highest BCUT2D eigenvalue weighted by Gasteiger charge is 2.45. The second-order valence-corrected chi connectivity index (χ2v) is 5.30. The fourth-order valence-electron chi connectivity index (χ4n) is 2.75. The molecule has 2 unspecified atom stereocenters. The minimum absolute atomic E-state index is 0.181. The number of carboxylic acid groups (broad SMARTS) is 1. The molecule has 3 rings (SSSR count). The maximum absolute atomic E-state index is 10.9. The number of rotatable bonds is 4. The van der Waals surface area contributed by atoms with Gasteiger partial charge in [-0.15, -0.1) is 0 Å². The van der Waals surface area contributed by atoms with E-state index in [2.05, 4.69) is 35.2 Å². The molecular weight excluding hydrogens is 238 g/mol. The number of benzene rings is 2. The molecular formula is C16H17NO2. The molecule has 0 radical (unpaired) electrons.